The van der Waals surface area contributed by atoms with Crippen molar-refractivity contribution in [2.24, 2.45) is 4.99 Å². The highest BCUT2D eigenvalue weighted by molar-refractivity contribution is 7.99. The maximum absolute atomic E-state index is 5.14. The summed E-state index contributed by atoms with van der Waals surface area (Å²) in [7, 11) is 3.61. The molecule has 0 radical (unpaired) electrons. The van der Waals surface area contributed by atoms with Crippen molar-refractivity contribution < 1.29 is 4.74 Å². The molecule has 0 spiro atoms. The Hall–Kier alpha value is -0.460. The van der Waals surface area contributed by atoms with Gasteiger partial charge in [0.05, 0.1) is 6.61 Å². The van der Waals surface area contributed by atoms with Crippen molar-refractivity contribution in [3.63, 3.8) is 0 Å². The van der Waals surface area contributed by atoms with Crippen molar-refractivity contribution in [1.82, 2.24) is 15.5 Å². The van der Waals surface area contributed by atoms with E-state index in [9.17, 15) is 0 Å². The van der Waals surface area contributed by atoms with Crippen LogP contribution in [0.1, 0.15) is 26.7 Å². The van der Waals surface area contributed by atoms with Crippen LogP contribution in [-0.4, -0.2) is 74.8 Å². The highest BCUT2D eigenvalue weighted by Gasteiger charge is 2.21. The van der Waals surface area contributed by atoms with Gasteiger partial charge in [-0.1, -0.05) is 0 Å². The Morgan fingerprint density at radius 2 is 2.05 bits per heavy atom. The van der Waals surface area contributed by atoms with Crippen molar-refractivity contribution in [1.29, 1.82) is 0 Å². The molecule has 124 valence electrons. The van der Waals surface area contributed by atoms with Crippen molar-refractivity contribution in [3.05, 3.63) is 0 Å². The first-order valence-electron chi connectivity index (χ1n) is 7.74. The molecule has 0 bridgehead atoms. The first kappa shape index (κ1) is 18.6. The summed E-state index contributed by atoms with van der Waals surface area (Å²) in [5.41, 5.74) is 0. The van der Waals surface area contributed by atoms with Gasteiger partial charge in [-0.25, -0.2) is 0 Å². The lowest BCUT2D eigenvalue weighted by molar-refractivity contribution is 0.128. The minimum absolute atomic E-state index is 0.223. The number of thioether (sulfide) groups is 1. The molecule has 5 nitrogen and oxygen atoms in total. The summed E-state index contributed by atoms with van der Waals surface area (Å²) in [5, 5.41) is 6.99. The van der Waals surface area contributed by atoms with Gasteiger partial charge in [-0.15, -0.1) is 0 Å². The monoisotopic (exact) mass is 316 g/mol. The third-order valence-corrected chi connectivity index (χ3v) is 5.25. The average Bonchev–Trinajstić information content (AvgIpc) is 2.50. The number of guanidine groups is 1. The van der Waals surface area contributed by atoms with Crippen LogP contribution in [0, 0.1) is 0 Å². The Balaban J connectivity index is 2.29. The Labute approximate surface area is 134 Å². The molecule has 0 aliphatic carbocycles. The van der Waals surface area contributed by atoms with Gasteiger partial charge in [0, 0.05) is 51.1 Å². The van der Waals surface area contributed by atoms with E-state index < -0.39 is 0 Å². The molecular formula is C15H32N4OS. The highest BCUT2D eigenvalue weighted by atomic mass is 32.2. The molecule has 0 amide bonds. The normalized spacial score (nSPS) is 18.8. The Morgan fingerprint density at radius 1 is 1.38 bits per heavy atom. The van der Waals surface area contributed by atoms with Crippen molar-refractivity contribution >= 4 is 17.7 Å². The molecule has 1 saturated heterocycles. The van der Waals surface area contributed by atoms with Crippen molar-refractivity contribution in [2.75, 3.05) is 53.2 Å². The van der Waals surface area contributed by atoms with Crippen molar-refractivity contribution in [2.45, 2.75) is 37.5 Å². The zero-order valence-corrected chi connectivity index (χ0v) is 15.1. The minimum atomic E-state index is 0.223. The summed E-state index contributed by atoms with van der Waals surface area (Å²) in [4.78, 5) is 6.81. The van der Waals surface area contributed by atoms with Gasteiger partial charge in [-0.05, 0) is 32.9 Å². The second-order valence-electron chi connectivity index (χ2n) is 6.14. The number of likely N-dealkylation sites (tertiary alicyclic amines) is 1. The fraction of sp³-hybridized carbons (Fsp3) is 0.933. The molecule has 1 rings (SSSR count). The Morgan fingerprint density at radius 3 is 2.57 bits per heavy atom. The molecule has 21 heavy (non-hydrogen) atoms. The van der Waals surface area contributed by atoms with Crippen LogP contribution in [0.2, 0.25) is 0 Å². The van der Waals surface area contributed by atoms with Crippen LogP contribution in [0.4, 0.5) is 0 Å². The van der Waals surface area contributed by atoms with E-state index in [0.717, 1.165) is 51.6 Å². The summed E-state index contributed by atoms with van der Waals surface area (Å²) in [5.74, 6) is 0.924. The molecule has 1 heterocycles. The van der Waals surface area contributed by atoms with Gasteiger partial charge >= 0.3 is 0 Å². The number of ether oxygens (including phenoxy) is 1. The quantitative estimate of drug-likeness (QED) is 0.549. The molecule has 2 N–H and O–H groups in total. The Kier molecular flexibility index (Phi) is 8.44. The zero-order valence-electron chi connectivity index (χ0n) is 14.2. The van der Waals surface area contributed by atoms with Crippen LogP contribution in [0.5, 0.6) is 0 Å². The number of hydrogen-bond donors (Lipinski definition) is 2. The molecule has 1 aliphatic rings. The Bertz CT molecular complexity index is 315. The number of aliphatic imine (C=N–C) groups is 1. The predicted octanol–water partition coefficient (Wildman–Crippen LogP) is 1.40. The lowest BCUT2D eigenvalue weighted by atomic mass is 10.1. The maximum atomic E-state index is 5.14. The fourth-order valence-corrected chi connectivity index (χ4v) is 2.49. The first-order valence-corrected chi connectivity index (χ1v) is 8.97. The predicted molar refractivity (Wildman–Crippen MR) is 93.4 cm³/mol. The van der Waals surface area contributed by atoms with Crippen LogP contribution < -0.4 is 10.6 Å². The average molecular weight is 317 g/mol. The molecular weight excluding hydrogens is 284 g/mol. The number of rotatable bonds is 7. The van der Waals surface area contributed by atoms with E-state index in [-0.39, 0.29) is 4.75 Å². The molecule has 0 aromatic rings. The molecule has 0 unspecified atom stereocenters. The van der Waals surface area contributed by atoms with E-state index in [2.05, 4.69) is 40.6 Å². The SMILES string of the molecule is CN=C(NCC(C)(C)SC)NC1CCN(CCOC)CC1. The van der Waals surface area contributed by atoms with Gasteiger partial charge in [0.1, 0.15) is 0 Å². The van der Waals surface area contributed by atoms with Crippen LogP contribution in [-0.2, 0) is 4.74 Å². The van der Waals surface area contributed by atoms with Gasteiger partial charge in [-0.2, -0.15) is 11.8 Å². The molecule has 0 aromatic heterocycles. The van der Waals surface area contributed by atoms with Crippen LogP contribution >= 0.6 is 11.8 Å². The van der Waals surface area contributed by atoms with Gasteiger partial charge in [0.2, 0.25) is 0 Å². The largest absolute Gasteiger partial charge is 0.383 e. The lowest BCUT2D eigenvalue weighted by Crippen LogP contribution is -2.50. The molecule has 6 heteroatoms. The van der Waals surface area contributed by atoms with E-state index in [1.54, 1.807) is 7.11 Å². The minimum Gasteiger partial charge on any atom is -0.383 e. The summed E-state index contributed by atoms with van der Waals surface area (Å²) in [6.07, 6.45) is 4.47. The number of methoxy groups -OCH3 is 1. The number of nitrogens with zero attached hydrogens (tertiary/aromatic N) is 2. The van der Waals surface area contributed by atoms with Crippen molar-refractivity contribution in [3.8, 4) is 0 Å². The van der Waals surface area contributed by atoms with Gasteiger partial charge < -0.3 is 20.3 Å². The summed E-state index contributed by atoms with van der Waals surface area (Å²) in [6.45, 7) is 9.53. The smallest absolute Gasteiger partial charge is 0.191 e. The standard InChI is InChI=1S/C15H32N4OS/c1-15(2,21-5)12-17-14(16-3)18-13-6-8-19(9-7-13)10-11-20-4/h13H,6-12H2,1-5H3,(H2,16,17,18). The number of hydrogen-bond acceptors (Lipinski definition) is 4. The third-order valence-electron chi connectivity index (χ3n) is 4.00. The van der Waals surface area contributed by atoms with E-state index in [1.165, 1.54) is 0 Å². The number of nitrogens with one attached hydrogen (secondary N) is 2. The molecule has 1 fully saturated rings. The van der Waals surface area contributed by atoms with Crippen LogP contribution in [0.25, 0.3) is 0 Å². The first-order chi connectivity index (χ1) is 10.0. The topological polar surface area (TPSA) is 48.9 Å². The summed E-state index contributed by atoms with van der Waals surface area (Å²) >= 11 is 1.87. The molecule has 1 aliphatic heterocycles. The van der Waals surface area contributed by atoms with E-state index >= 15 is 0 Å². The van der Waals surface area contributed by atoms with Gasteiger partial charge in [0.25, 0.3) is 0 Å². The van der Waals surface area contributed by atoms with Crippen LogP contribution in [0.3, 0.4) is 0 Å². The highest BCUT2D eigenvalue weighted by Crippen LogP contribution is 2.19. The van der Waals surface area contributed by atoms with Gasteiger partial charge in [-0.3, -0.25) is 4.99 Å². The van der Waals surface area contributed by atoms with Crippen LogP contribution in [0.15, 0.2) is 4.99 Å². The summed E-state index contributed by atoms with van der Waals surface area (Å²) < 4.78 is 5.36. The van der Waals surface area contributed by atoms with E-state index in [1.807, 2.05) is 18.8 Å². The fourth-order valence-electron chi connectivity index (χ4n) is 2.28. The number of piperidine rings is 1. The second-order valence-corrected chi connectivity index (χ2v) is 7.66. The van der Waals surface area contributed by atoms with E-state index in [4.69, 9.17) is 4.74 Å². The van der Waals surface area contributed by atoms with E-state index in [0.29, 0.717) is 6.04 Å². The maximum Gasteiger partial charge on any atom is 0.191 e. The summed E-state index contributed by atoms with van der Waals surface area (Å²) in [6, 6.07) is 0.521. The lowest BCUT2D eigenvalue weighted by Gasteiger charge is -2.33. The molecule has 0 saturated carbocycles. The zero-order chi connectivity index (χ0) is 15.7. The molecule has 0 aromatic carbocycles. The molecule has 0 atom stereocenters. The third kappa shape index (κ3) is 7.38. The van der Waals surface area contributed by atoms with Gasteiger partial charge in [0.15, 0.2) is 5.96 Å². The second kappa shape index (κ2) is 9.54.